The maximum atomic E-state index is 13.0. The minimum absolute atomic E-state index is 0.175. The van der Waals surface area contributed by atoms with E-state index in [2.05, 4.69) is 10.3 Å². The summed E-state index contributed by atoms with van der Waals surface area (Å²) in [5, 5.41) is 2.89. The number of anilines is 1. The molecule has 32 heavy (non-hydrogen) atoms. The number of carbonyl (C=O) groups is 1. The minimum Gasteiger partial charge on any atom is -0.322 e. The van der Waals surface area contributed by atoms with Crippen molar-refractivity contribution < 1.29 is 13.2 Å². The first-order valence-electron chi connectivity index (χ1n) is 10.6. The number of aromatic nitrogens is 1. The molecule has 0 aliphatic carbocycles. The van der Waals surface area contributed by atoms with Crippen LogP contribution >= 0.6 is 0 Å². The third kappa shape index (κ3) is 4.74. The van der Waals surface area contributed by atoms with Crippen LogP contribution in [0, 0.1) is 20.8 Å². The zero-order chi connectivity index (χ0) is 23.5. The molecule has 1 heterocycles. The fraction of sp³-hybridized carbons (Fsp3) is 0.280. The lowest BCUT2D eigenvalue weighted by Crippen LogP contribution is -2.30. The van der Waals surface area contributed by atoms with Crippen LogP contribution in [0.1, 0.15) is 41.0 Å². The number of carbonyl (C=O) groups excluding carboxylic acids is 1. The molecule has 168 valence electrons. The van der Waals surface area contributed by atoms with Crippen molar-refractivity contribution in [1.29, 1.82) is 0 Å². The lowest BCUT2D eigenvalue weighted by molar-refractivity contribution is 0.102. The number of nitrogens with one attached hydrogen (secondary N) is 1. The van der Waals surface area contributed by atoms with Gasteiger partial charge in [0.2, 0.25) is 10.0 Å². The summed E-state index contributed by atoms with van der Waals surface area (Å²) in [6.45, 7) is 9.87. The lowest BCUT2D eigenvalue weighted by atomic mass is 10.1. The van der Waals surface area contributed by atoms with Crippen LogP contribution in [0.15, 0.2) is 59.5 Å². The van der Waals surface area contributed by atoms with E-state index >= 15 is 0 Å². The summed E-state index contributed by atoms with van der Waals surface area (Å²) in [6.07, 6.45) is 0. The lowest BCUT2D eigenvalue weighted by Gasteiger charge is -2.20. The van der Waals surface area contributed by atoms with Crippen LogP contribution in [0.25, 0.3) is 11.3 Å². The average Bonchev–Trinajstić information content (AvgIpc) is 2.77. The van der Waals surface area contributed by atoms with Gasteiger partial charge >= 0.3 is 0 Å². The van der Waals surface area contributed by atoms with Crippen molar-refractivity contribution in [2.75, 3.05) is 18.4 Å². The first-order valence-corrected chi connectivity index (χ1v) is 12.1. The third-order valence-corrected chi connectivity index (χ3v) is 7.66. The van der Waals surface area contributed by atoms with E-state index in [0.717, 1.165) is 22.4 Å². The van der Waals surface area contributed by atoms with Crippen LogP contribution in [0.5, 0.6) is 0 Å². The largest absolute Gasteiger partial charge is 0.322 e. The number of hydrogen-bond acceptors (Lipinski definition) is 4. The van der Waals surface area contributed by atoms with E-state index < -0.39 is 10.0 Å². The molecule has 3 rings (SSSR count). The Balaban J connectivity index is 1.93. The molecule has 0 radical (unpaired) electrons. The van der Waals surface area contributed by atoms with E-state index in [-0.39, 0.29) is 10.8 Å². The summed E-state index contributed by atoms with van der Waals surface area (Å²) < 4.78 is 27.4. The second-order valence-corrected chi connectivity index (χ2v) is 9.59. The molecule has 0 atom stereocenters. The van der Waals surface area contributed by atoms with Crippen LogP contribution in [0.2, 0.25) is 0 Å². The van der Waals surface area contributed by atoms with Gasteiger partial charge in [0.1, 0.15) is 0 Å². The highest BCUT2D eigenvalue weighted by Crippen LogP contribution is 2.27. The van der Waals surface area contributed by atoms with E-state index in [1.807, 2.05) is 50.2 Å². The van der Waals surface area contributed by atoms with E-state index in [1.165, 1.54) is 10.4 Å². The summed E-state index contributed by atoms with van der Waals surface area (Å²) in [4.78, 5) is 17.8. The fourth-order valence-corrected chi connectivity index (χ4v) is 5.15. The monoisotopic (exact) mass is 451 g/mol. The van der Waals surface area contributed by atoms with Gasteiger partial charge < -0.3 is 5.32 Å². The van der Waals surface area contributed by atoms with Crippen LogP contribution in [-0.2, 0) is 10.0 Å². The fourth-order valence-electron chi connectivity index (χ4n) is 3.58. The third-order valence-electron chi connectivity index (χ3n) is 5.63. The highest BCUT2D eigenvalue weighted by atomic mass is 32.2. The van der Waals surface area contributed by atoms with E-state index in [1.54, 1.807) is 32.9 Å². The summed E-state index contributed by atoms with van der Waals surface area (Å²) >= 11 is 0. The van der Waals surface area contributed by atoms with E-state index in [9.17, 15) is 13.2 Å². The van der Waals surface area contributed by atoms with E-state index in [0.29, 0.717) is 30.0 Å². The second-order valence-electron chi connectivity index (χ2n) is 7.65. The molecule has 0 bridgehead atoms. The van der Waals surface area contributed by atoms with E-state index in [4.69, 9.17) is 0 Å². The van der Waals surface area contributed by atoms with Crippen LogP contribution in [0.3, 0.4) is 0 Å². The average molecular weight is 452 g/mol. The molecule has 0 fully saturated rings. The molecular formula is C25H29N3O3S. The number of rotatable bonds is 7. The van der Waals surface area contributed by atoms with Crippen LogP contribution < -0.4 is 5.32 Å². The smallest absolute Gasteiger partial charge is 0.257 e. The Labute approximate surface area is 190 Å². The summed E-state index contributed by atoms with van der Waals surface area (Å²) in [5.74, 6) is -0.325. The van der Waals surface area contributed by atoms with Gasteiger partial charge in [0.15, 0.2) is 0 Å². The van der Waals surface area contributed by atoms with Gasteiger partial charge in [-0.2, -0.15) is 4.31 Å². The Hall–Kier alpha value is -3.03. The van der Waals surface area contributed by atoms with Gasteiger partial charge in [-0.1, -0.05) is 44.2 Å². The van der Waals surface area contributed by atoms with Gasteiger partial charge in [-0.25, -0.2) is 8.42 Å². The molecule has 1 N–H and O–H groups in total. The number of pyridine rings is 1. The highest BCUT2D eigenvalue weighted by molar-refractivity contribution is 7.89. The maximum Gasteiger partial charge on any atom is 0.257 e. The van der Waals surface area contributed by atoms with Gasteiger partial charge in [0.25, 0.3) is 5.91 Å². The minimum atomic E-state index is -3.64. The zero-order valence-electron chi connectivity index (χ0n) is 19.1. The summed E-state index contributed by atoms with van der Waals surface area (Å²) in [7, 11) is -3.64. The van der Waals surface area contributed by atoms with Crippen LogP contribution in [-0.4, -0.2) is 36.7 Å². The van der Waals surface area contributed by atoms with Gasteiger partial charge in [-0.05, 0) is 56.2 Å². The summed E-state index contributed by atoms with van der Waals surface area (Å²) in [5.41, 5.74) is 4.91. The molecule has 3 aromatic rings. The SMILES string of the molecule is CCN(CC)S(=O)(=O)c1cc(C)c(C)c(NC(=O)c2ccc(-c3ccccc3)nc2C)c1. The Kier molecular flexibility index (Phi) is 7.11. The molecule has 0 aliphatic rings. The van der Waals surface area contributed by atoms with Crippen molar-refractivity contribution in [1.82, 2.24) is 9.29 Å². The topological polar surface area (TPSA) is 79.4 Å². The first kappa shape index (κ1) is 23.6. The number of amides is 1. The predicted octanol–water partition coefficient (Wildman–Crippen LogP) is 4.96. The van der Waals surface area contributed by atoms with Gasteiger partial charge in [0.05, 0.1) is 21.8 Å². The number of benzene rings is 2. The molecular weight excluding hydrogens is 422 g/mol. The molecule has 0 unspecified atom stereocenters. The standard InChI is InChI=1S/C25H29N3O3S/c1-6-28(7-2)32(30,31)21-15-17(3)18(4)24(16-21)27-25(29)22-13-14-23(26-19(22)5)20-11-9-8-10-12-20/h8-16H,6-7H2,1-5H3,(H,27,29). The summed E-state index contributed by atoms with van der Waals surface area (Å²) in [6, 6.07) is 16.5. The number of hydrogen-bond donors (Lipinski definition) is 1. The van der Waals surface area contributed by atoms with Crippen molar-refractivity contribution in [2.24, 2.45) is 0 Å². The van der Waals surface area contributed by atoms with Crippen molar-refractivity contribution in [3.63, 3.8) is 0 Å². The molecule has 0 aliphatic heterocycles. The van der Waals surface area contributed by atoms with Gasteiger partial charge in [0, 0.05) is 24.3 Å². The Morgan fingerprint density at radius 3 is 2.22 bits per heavy atom. The maximum absolute atomic E-state index is 13.0. The number of sulfonamides is 1. The van der Waals surface area contributed by atoms with Gasteiger partial charge in [-0.3, -0.25) is 9.78 Å². The molecule has 6 nitrogen and oxygen atoms in total. The number of aryl methyl sites for hydroxylation is 2. The van der Waals surface area contributed by atoms with Crippen molar-refractivity contribution in [3.8, 4) is 11.3 Å². The van der Waals surface area contributed by atoms with Crippen LogP contribution in [0.4, 0.5) is 5.69 Å². The molecule has 7 heteroatoms. The highest BCUT2D eigenvalue weighted by Gasteiger charge is 2.24. The Morgan fingerprint density at radius 1 is 0.969 bits per heavy atom. The quantitative estimate of drug-likeness (QED) is 0.551. The Morgan fingerprint density at radius 2 is 1.62 bits per heavy atom. The van der Waals surface area contributed by atoms with Gasteiger partial charge in [-0.15, -0.1) is 0 Å². The molecule has 2 aromatic carbocycles. The second kappa shape index (κ2) is 9.63. The predicted molar refractivity (Wildman–Crippen MR) is 128 cm³/mol. The van der Waals surface area contributed by atoms with Crippen molar-refractivity contribution >= 4 is 21.6 Å². The number of nitrogens with zero attached hydrogens (tertiary/aromatic N) is 2. The first-order chi connectivity index (χ1) is 15.2. The molecule has 1 amide bonds. The zero-order valence-corrected chi connectivity index (χ0v) is 20.0. The molecule has 1 aromatic heterocycles. The Bertz CT molecular complexity index is 1230. The molecule has 0 saturated carbocycles. The molecule has 0 saturated heterocycles. The molecule has 0 spiro atoms. The van der Waals surface area contributed by atoms with Crippen molar-refractivity contribution in [2.45, 2.75) is 39.5 Å². The normalized spacial score (nSPS) is 11.6. The van der Waals surface area contributed by atoms with Crippen molar-refractivity contribution in [3.05, 3.63) is 77.0 Å².